The summed E-state index contributed by atoms with van der Waals surface area (Å²) in [6.45, 7) is 12.3. The van der Waals surface area contributed by atoms with E-state index < -0.39 is 23.2 Å². The molecule has 6 aromatic rings. The minimum atomic E-state index is -3.01. The van der Waals surface area contributed by atoms with Crippen LogP contribution in [0.1, 0.15) is 124 Å². The molecule has 15 nitrogen and oxygen atoms in total. The Bertz CT molecular complexity index is 3050. The van der Waals surface area contributed by atoms with E-state index in [-0.39, 0.29) is 68.0 Å². The standard InChI is InChI=1S/C58H70F3N9O6S/c1-36(2)42-9-7-8-10-43(42)48-34-68(33-38-15-20-62-51(25-38)57(4,60)61)23-24-70(48)40-29-58(30-40)18-21-69(22-19-58)39-11-12-44(49(26-39)76-50-28-45-46(59)32-63-52(45)65-55(50)74-6)53(71)66-77-41-27-47(67(5)73)54(64-31-41)75-35-37-13-16-56(3,72)17-14-37/h7-12,15,20,25-28,31-32,36-37,40,48,67,72H,13-14,16-19,21-24,29-30,33-35H2,1-6H3,(H,63,65)(H,66,71). The van der Waals surface area contributed by atoms with Crippen molar-refractivity contribution in [1.29, 1.82) is 0 Å². The van der Waals surface area contributed by atoms with Gasteiger partial charge in [0, 0.05) is 101 Å². The Morgan fingerprint density at radius 3 is 2.49 bits per heavy atom. The highest BCUT2D eigenvalue weighted by atomic mass is 32.2. The predicted octanol–water partition coefficient (Wildman–Crippen LogP) is 10.2. The molecule has 2 aromatic carbocycles. The quantitative estimate of drug-likeness (QED) is 0.0504. The Morgan fingerprint density at radius 1 is 1.00 bits per heavy atom. The number of rotatable bonds is 17. The molecule has 2 aliphatic heterocycles. The molecule has 19 heteroatoms. The molecular formula is C58H70F3N9O6S. The molecule has 1 spiro atoms. The van der Waals surface area contributed by atoms with Crippen LogP contribution < -0.4 is 28.9 Å². The van der Waals surface area contributed by atoms with Crippen LogP contribution in [0.25, 0.3) is 11.0 Å². The van der Waals surface area contributed by atoms with Crippen molar-refractivity contribution in [1.82, 2.24) is 34.5 Å². The zero-order valence-corrected chi connectivity index (χ0v) is 45.5. The van der Waals surface area contributed by atoms with Gasteiger partial charge in [0.1, 0.15) is 22.9 Å². The zero-order valence-electron chi connectivity index (χ0n) is 44.7. The average Bonchev–Trinajstić information content (AvgIpc) is 3.82. The number of carbonyl (C=O) groups is 1. The average molecular weight is 1080 g/mol. The number of aromatic amines is 1. The van der Waals surface area contributed by atoms with E-state index in [0.717, 1.165) is 101 Å². The van der Waals surface area contributed by atoms with E-state index in [1.54, 1.807) is 24.4 Å². The van der Waals surface area contributed by atoms with Crippen molar-refractivity contribution in [2.75, 3.05) is 58.4 Å². The number of piperidine rings is 1. The number of nitrogens with one attached hydrogen (secondary N) is 3. The number of alkyl halides is 2. The Morgan fingerprint density at radius 2 is 1.77 bits per heavy atom. The number of H-pyrrole nitrogens is 1. The number of quaternary nitrogens is 1. The molecule has 10 rings (SSSR count). The van der Waals surface area contributed by atoms with Gasteiger partial charge in [0.05, 0.1) is 42.2 Å². The molecule has 1 amide bonds. The van der Waals surface area contributed by atoms with Crippen LogP contribution >= 0.6 is 11.9 Å². The van der Waals surface area contributed by atoms with E-state index in [9.17, 15) is 28.3 Å². The summed E-state index contributed by atoms with van der Waals surface area (Å²) in [6, 6.07) is 21.3. The van der Waals surface area contributed by atoms with Gasteiger partial charge < -0.3 is 39.5 Å². The molecule has 2 saturated heterocycles. The van der Waals surface area contributed by atoms with E-state index in [0.29, 0.717) is 48.5 Å². The van der Waals surface area contributed by atoms with Crippen molar-refractivity contribution in [3.63, 3.8) is 0 Å². The molecule has 2 aliphatic carbocycles. The number of hydroxylamine groups is 1. The van der Waals surface area contributed by atoms with Gasteiger partial charge in [0.15, 0.2) is 11.4 Å². The van der Waals surface area contributed by atoms with Crippen molar-refractivity contribution in [3.05, 3.63) is 124 Å². The van der Waals surface area contributed by atoms with E-state index in [1.807, 2.05) is 25.1 Å². The van der Waals surface area contributed by atoms with Gasteiger partial charge in [-0.05, 0) is 128 Å². The van der Waals surface area contributed by atoms with Gasteiger partial charge in [-0.15, -0.1) is 0 Å². The first-order valence-corrected chi connectivity index (χ1v) is 27.7. The maximum Gasteiger partial charge on any atom is 0.286 e. The number of piperazine rings is 1. The summed E-state index contributed by atoms with van der Waals surface area (Å²) in [5.41, 5.74) is 4.48. The Labute approximate surface area is 452 Å². The van der Waals surface area contributed by atoms with Crippen molar-refractivity contribution >= 4 is 40.3 Å². The van der Waals surface area contributed by atoms with Gasteiger partial charge in [-0.1, -0.05) is 38.1 Å². The van der Waals surface area contributed by atoms with Gasteiger partial charge in [-0.25, -0.2) is 9.37 Å². The minimum Gasteiger partial charge on any atom is -0.629 e. The predicted molar refractivity (Wildman–Crippen MR) is 291 cm³/mol. The number of ether oxygens (including phenoxy) is 3. The number of aromatic nitrogens is 4. The fraction of sp³-hybridized carbons (Fsp3) is 0.483. The second-order valence-corrected chi connectivity index (χ2v) is 23.3. The van der Waals surface area contributed by atoms with Crippen LogP contribution in [0, 0.1) is 22.4 Å². The van der Waals surface area contributed by atoms with Crippen molar-refractivity contribution in [2.24, 2.45) is 11.3 Å². The summed E-state index contributed by atoms with van der Waals surface area (Å²) in [5.74, 6) is -2.73. The summed E-state index contributed by atoms with van der Waals surface area (Å²) >= 11 is 1.01. The van der Waals surface area contributed by atoms with Crippen LogP contribution in [0.3, 0.4) is 0 Å². The fourth-order valence-corrected chi connectivity index (χ4v) is 12.5. The number of pyridine rings is 3. The van der Waals surface area contributed by atoms with Gasteiger partial charge in [0.25, 0.3) is 23.6 Å². The summed E-state index contributed by atoms with van der Waals surface area (Å²) in [5, 5.41) is 23.2. The second-order valence-electron chi connectivity index (χ2n) is 22.4. The highest BCUT2D eigenvalue weighted by Crippen LogP contribution is 2.54. The van der Waals surface area contributed by atoms with Crippen LogP contribution in [0.2, 0.25) is 0 Å². The molecule has 0 radical (unpaired) electrons. The summed E-state index contributed by atoms with van der Waals surface area (Å²) in [4.78, 5) is 37.8. The molecule has 6 heterocycles. The molecule has 2 atom stereocenters. The topological polar surface area (TPSA) is 169 Å². The fourth-order valence-electron chi connectivity index (χ4n) is 11.9. The van der Waals surface area contributed by atoms with E-state index >= 15 is 0 Å². The molecule has 4 aliphatic rings. The van der Waals surface area contributed by atoms with Gasteiger partial charge in [0.2, 0.25) is 0 Å². The van der Waals surface area contributed by atoms with Gasteiger partial charge >= 0.3 is 0 Å². The number of aliphatic hydroxyl groups is 1. The third-order valence-corrected chi connectivity index (χ3v) is 17.2. The largest absolute Gasteiger partial charge is 0.629 e. The number of hydrogen-bond acceptors (Lipinski definition) is 13. The van der Waals surface area contributed by atoms with Crippen molar-refractivity contribution in [2.45, 2.75) is 120 Å². The first kappa shape index (κ1) is 54.4. The van der Waals surface area contributed by atoms with Crippen molar-refractivity contribution in [3.8, 4) is 23.3 Å². The number of halogens is 3. The Kier molecular flexibility index (Phi) is 15.8. The molecular weight excluding hydrogens is 1010 g/mol. The third-order valence-electron chi connectivity index (χ3n) is 16.4. The third kappa shape index (κ3) is 12.2. The SMILES string of the molecule is COc1nc2[nH]cc(F)c2cc1Oc1cc(N2CCC3(CC2)CC(N2CCN(Cc4ccnc(C(C)(F)F)c4)CC2c2ccccc2C(C)C)C3)ccc1C(=O)NSc1cnc(OCC2CCC(C)(O)CC2)c([NH+](C)[O-])c1. The maximum atomic E-state index is 14.9. The number of hydrogen-bond donors (Lipinski definition) is 4. The summed E-state index contributed by atoms with van der Waals surface area (Å²) in [7, 11) is 2.89. The Balaban J connectivity index is 0.833. The number of nitrogens with zero attached hydrogens (tertiary/aromatic N) is 6. The molecule has 2 unspecified atom stereocenters. The number of amides is 1. The van der Waals surface area contributed by atoms with Crippen LogP contribution in [-0.4, -0.2) is 106 Å². The lowest BCUT2D eigenvalue weighted by Gasteiger charge is -2.58. The highest BCUT2D eigenvalue weighted by Gasteiger charge is 2.50. The van der Waals surface area contributed by atoms with Crippen molar-refractivity contribution < 1.29 is 42.3 Å². The van der Waals surface area contributed by atoms with Crippen LogP contribution in [0.5, 0.6) is 23.3 Å². The normalized spacial score (nSPS) is 21.8. The number of methoxy groups -OCH3 is 1. The number of anilines is 1. The number of carbonyl (C=O) groups excluding carboxylic acids is 1. The lowest BCUT2D eigenvalue weighted by Crippen LogP contribution is -2.98. The molecule has 4 fully saturated rings. The number of fused-ring (bicyclic) bond motifs is 1. The minimum absolute atomic E-state index is 0.105. The molecule has 0 bridgehead atoms. The molecule has 4 aromatic heterocycles. The second kappa shape index (κ2) is 22.4. The lowest BCUT2D eigenvalue weighted by atomic mass is 9.59. The summed E-state index contributed by atoms with van der Waals surface area (Å²) in [6.07, 6.45) is 11.4. The lowest BCUT2D eigenvalue weighted by molar-refractivity contribution is -0.752. The Hall–Kier alpha value is -5.96. The van der Waals surface area contributed by atoms with E-state index in [4.69, 9.17) is 14.2 Å². The van der Waals surface area contributed by atoms with Gasteiger partial charge in [-0.3, -0.25) is 24.3 Å². The molecule has 410 valence electrons. The monoisotopic (exact) mass is 1080 g/mol. The smallest absolute Gasteiger partial charge is 0.286 e. The summed E-state index contributed by atoms with van der Waals surface area (Å²) < 4.78 is 64.5. The first-order chi connectivity index (χ1) is 36.8. The molecule has 4 N–H and O–H groups in total. The molecule has 2 saturated carbocycles. The zero-order chi connectivity index (χ0) is 54.2. The van der Waals surface area contributed by atoms with E-state index in [2.05, 4.69) is 77.5 Å². The first-order valence-electron chi connectivity index (χ1n) is 26.9. The maximum absolute atomic E-state index is 14.9. The number of benzene rings is 2. The molecule has 77 heavy (non-hydrogen) atoms. The van der Waals surface area contributed by atoms with Crippen LogP contribution in [-0.2, 0) is 12.5 Å². The van der Waals surface area contributed by atoms with Crippen LogP contribution in [0.4, 0.5) is 24.5 Å². The van der Waals surface area contributed by atoms with Gasteiger partial charge in [-0.2, -0.15) is 13.8 Å². The van der Waals surface area contributed by atoms with E-state index in [1.165, 1.54) is 43.7 Å². The highest BCUT2D eigenvalue weighted by molar-refractivity contribution is 7.98. The van der Waals surface area contributed by atoms with Crippen LogP contribution in [0.15, 0.2) is 90.2 Å².